The highest BCUT2D eigenvalue weighted by molar-refractivity contribution is 6.39. The lowest BCUT2D eigenvalue weighted by molar-refractivity contribution is -0.142. The minimum absolute atomic E-state index is 0.121. The number of hydrazone groups is 1. The summed E-state index contributed by atoms with van der Waals surface area (Å²) in [6.45, 7) is 0.317. The van der Waals surface area contributed by atoms with Crippen LogP contribution in [0.4, 0.5) is 0 Å². The SMILES string of the molecule is O=C(N[C@H]1CCC[C@H]1C(=O)O)C1=NN(Cc2ccccc2)C(=O)CC1. The molecule has 2 N–H and O–H groups in total. The largest absolute Gasteiger partial charge is 0.481 e. The van der Waals surface area contributed by atoms with Crippen molar-refractivity contribution in [1.82, 2.24) is 10.3 Å². The summed E-state index contributed by atoms with van der Waals surface area (Å²) in [5, 5.41) is 17.5. The Hall–Kier alpha value is -2.70. The van der Waals surface area contributed by atoms with Crippen molar-refractivity contribution in [2.45, 2.75) is 44.7 Å². The van der Waals surface area contributed by atoms with Crippen molar-refractivity contribution < 1.29 is 19.5 Å². The van der Waals surface area contributed by atoms with E-state index in [0.29, 0.717) is 19.4 Å². The van der Waals surface area contributed by atoms with E-state index in [1.165, 1.54) is 5.01 Å². The zero-order valence-corrected chi connectivity index (χ0v) is 13.9. The third kappa shape index (κ3) is 4.04. The number of carboxylic acids is 1. The van der Waals surface area contributed by atoms with Crippen LogP contribution in [0.5, 0.6) is 0 Å². The molecule has 1 aromatic carbocycles. The predicted octanol–water partition coefficient (Wildman–Crippen LogP) is 1.53. The van der Waals surface area contributed by atoms with Gasteiger partial charge in [0.1, 0.15) is 5.71 Å². The minimum Gasteiger partial charge on any atom is -0.481 e. The van der Waals surface area contributed by atoms with E-state index in [0.717, 1.165) is 12.0 Å². The lowest BCUT2D eigenvalue weighted by Crippen LogP contribution is -2.45. The molecule has 1 heterocycles. The van der Waals surface area contributed by atoms with Crippen molar-refractivity contribution in [2.75, 3.05) is 0 Å². The second-order valence-corrected chi connectivity index (χ2v) is 6.44. The molecule has 25 heavy (non-hydrogen) atoms. The van der Waals surface area contributed by atoms with Crippen LogP contribution in [-0.2, 0) is 20.9 Å². The predicted molar refractivity (Wildman–Crippen MR) is 90.6 cm³/mol. The molecule has 0 bridgehead atoms. The van der Waals surface area contributed by atoms with Crippen LogP contribution in [0.25, 0.3) is 0 Å². The molecule has 0 spiro atoms. The van der Waals surface area contributed by atoms with Gasteiger partial charge in [0.15, 0.2) is 0 Å². The van der Waals surface area contributed by atoms with Gasteiger partial charge in [-0.1, -0.05) is 36.8 Å². The molecule has 1 aliphatic carbocycles. The maximum atomic E-state index is 12.5. The van der Waals surface area contributed by atoms with Gasteiger partial charge in [-0.15, -0.1) is 0 Å². The van der Waals surface area contributed by atoms with E-state index in [9.17, 15) is 19.5 Å². The summed E-state index contributed by atoms with van der Waals surface area (Å²) in [6.07, 6.45) is 2.52. The standard InChI is InChI=1S/C18H21N3O4/c22-16-10-9-15(20-21(16)11-12-5-2-1-3-6-12)17(23)19-14-8-4-7-13(14)18(24)25/h1-3,5-6,13-14H,4,7-11H2,(H,19,23)(H,24,25)/t13-,14+/m1/s1. The number of rotatable bonds is 5. The number of carbonyl (C=O) groups is 3. The van der Waals surface area contributed by atoms with Gasteiger partial charge in [-0.05, 0) is 18.4 Å². The fourth-order valence-corrected chi connectivity index (χ4v) is 3.32. The molecule has 2 amide bonds. The van der Waals surface area contributed by atoms with Crippen molar-refractivity contribution in [3.63, 3.8) is 0 Å². The number of nitrogens with one attached hydrogen (secondary N) is 1. The van der Waals surface area contributed by atoms with Crippen LogP contribution in [0.3, 0.4) is 0 Å². The van der Waals surface area contributed by atoms with Gasteiger partial charge in [0.2, 0.25) is 5.91 Å². The van der Waals surface area contributed by atoms with Crippen molar-refractivity contribution >= 4 is 23.5 Å². The molecular formula is C18H21N3O4. The van der Waals surface area contributed by atoms with Gasteiger partial charge < -0.3 is 10.4 Å². The molecule has 1 saturated carbocycles. The number of carboxylic acid groups (broad SMARTS) is 1. The molecule has 0 saturated heterocycles. The summed E-state index contributed by atoms with van der Waals surface area (Å²) in [6, 6.07) is 9.08. The molecule has 2 aliphatic rings. The van der Waals surface area contributed by atoms with Gasteiger partial charge in [-0.3, -0.25) is 14.4 Å². The zero-order chi connectivity index (χ0) is 17.8. The van der Waals surface area contributed by atoms with Gasteiger partial charge in [-0.2, -0.15) is 5.10 Å². The first-order chi connectivity index (χ1) is 12.0. The van der Waals surface area contributed by atoms with E-state index in [4.69, 9.17) is 0 Å². The molecule has 1 aromatic rings. The Morgan fingerprint density at radius 2 is 1.96 bits per heavy atom. The number of nitrogens with zero attached hydrogens (tertiary/aromatic N) is 2. The van der Waals surface area contributed by atoms with E-state index in [2.05, 4.69) is 10.4 Å². The van der Waals surface area contributed by atoms with Crippen LogP contribution in [0.2, 0.25) is 0 Å². The Labute approximate surface area is 145 Å². The summed E-state index contributed by atoms with van der Waals surface area (Å²) < 4.78 is 0. The molecule has 7 nitrogen and oxygen atoms in total. The van der Waals surface area contributed by atoms with Crippen LogP contribution in [0.15, 0.2) is 35.4 Å². The van der Waals surface area contributed by atoms with Gasteiger partial charge in [-0.25, -0.2) is 5.01 Å². The highest BCUT2D eigenvalue weighted by Gasteiger charge is 2.35. The van der Waals surface area contributed by atoms with E-state index in [1.807, 2.05) is 30.3 Å². The van der Waals surface area contributed by atoms with Gasteiger partial charge >= 0.3 is 5.97 Å². The van der Waals surface area contributed by atoms with Gasteiger partial charge in [0.25, 0.3) is 5.91 Å². The number of hydrogen-bond donors (Lipinski definition) is 2. The van der Waals surface area contributed by atoms with E-state index in [-0.39, 0.29) is 36.4 Å². The van der Waals surface area contributed by atoms with Crippen LogP contribution in [0, 0.1) is 5.92 Å². The third-order valence-electron chi connectivity index (χ3n) is 4.69. The van der Waals surface area contributed by atoms with Crippen LogP contribution in [-0.4, -0.2) is 39.7 Å². The lowest BCUT2D eigenvalue weighted by atomic mass is 10.0. The highest BCUT2D eigenvalue weighted by Crippen LogP contribution is 2.26. The van der Waals surface area contributed by atoms with Crippen molar-refractivity contribution in [1.29, 1.82) is 0 Å². The van der Waals surface area contributed by atoms with Crippen LogP contribution in [0.1, 0.15) is 37.7 Å². The first-order valence-corrected chi connectivity index (χ1v) is 8.50. The second kappa shape index (κ2) is 7.46. The maximum absolute atomic E-state index is 12.5. The highest BCUT2D eigenvalue weighted by atomic mass is 16.4. The molecule has 132 valence electrons. The van der Waals surface area contributed by atoms with Crippen LogP contribution < -0.4 is 5.32 Å². The molecule has 1 fully saturated rings. The number of aliphatic carboxylic acids is 1. The zero-order valence-electron chi connectivity index (χ0n) is 13.9. The Morgan fingerprint density at radius 3 is 2.68 bits per heavy atom. The molecular weight excluding hydrogens is 322 g/mol. The van der Waals surface area contributed by atoms with Crippen molar-refractivity contribution in [3.8, 4) is 0 Å². The summed E-state index contributed by atoms with van der Waals surface area (Å²) in [7, 11) is 0. The van der Waals surface area contributed by atoms with Gasteiger partial charge in [0, 0.05) is 18.9 Å². The molecule has 1 aliphatic heterocycles. The Bertz CT molecular complexity index is 702. The third-order valence-corrected chi connectivity index (χ3v) is 4.69. The average molecular weight is 343 g/mol. The Balaban J connectivity index is 1.68. The van der Waals surface area contributed by atoms with E-state index in [1.54, 1.807) is 0 Å². The average Bonchev–Trinajstić information content (AvgIpc) is 3.06. The summed E-state index contributed by atoms with van der Waals surface area (Å²) in [4.78, 5) is 35.7. The summed E-state index contributed by atoms with van der Waals surface area (Å²) in [5.41, 5.74) is 1.22. The first kappa shape index (κ1) is 17.1. The molecule has 2 atom stereocenters. The molecule has 0 aromatic heterocycles. The smallest absolute Gasteiger partial charge is 0.308 e. The van der Waals surface area contributed by atoms with E-state index < -0.39 is 11.9 Å². The van der Waals surface area contributed by atoms with Crippen LogP contribution >= 0.6 is 0 Å². The Morgan fingerprint density at radius 1 is 1.20 bits per heavy atom. The van der Waals surface area contributed by atoms with E-state index >= 15 is 0 Å². The second-order valence-electron chi connectivity index (χ2n) is 6.44. The topological polar surface area (TPSA) is 99.1 Å². The summed E-state index contributed by atoms with van der Waals surface area (Å²) >= 11 is 0. The minimum atomic E-state index is -0.880. The maximum Gasteiger partial charge on any atom is 0.308 e. The number of benzene rings is 1. The Kier molecular flexibility index (Phi) is 5.11. The fraction of sp³-hybridized carbons (Fsp3) is 0.444. The fourth-order valence-electron chi connectivity index (χ4n) is 3.32. The molecule has 7 heteroatoms. The summed E-state index contributed by atoms with van der Waals surface area (Å²) in [5.74, 6) is -1.92. The lowest BCUT2D eigenvalue weighted by Gasteiger charge is -2.24. The molecule has 0 radical (unpaired) electrons. The first-order valence-electron chi connectivity index (χ1n) is 8.50. The van der Waals surface area contributed by atoms with Crippen molar-refractivity contribution in [2.24, 2.45) is 11.0 Å². The monoisotopic (exact) mass is 343 g/mol. The number of amides is 2. The van der Waals surface area contributed by atoms with Gasteiger partial charge in [0.05, 0.1) is 12.5 Å². The quantitative estimate of drug-likeness (QED) is 0.847. The number of hydrogen-bond acceptors (Lipinski definition) is 4. The van der Waals surface area contributed by atoms with Crippen molar-refractivity contribution in [3.05, 3.63) is 35.9 Å². The molecule has 3 rings (SSSR count). The molecule has 0 unspecified atom stereocenters. The number of carbonyl (C=O) groups excluding carboxylic acids is 2. The normalized spacial score (nSPS) is 23.3.